The fourth-order valence-electron chi connectivity index (χ4n) is 1.82. The number of benzene rings is 1. The molecule has 19 heavy (non-hydrogen) atoms. The van der Waals surface area contributed by atoms with Crippen LogP contribution in [0.3, 0.4) is 0 Å². The highest BCUT2D eigenvalue weighted by Gasteiger charge is 2.19. The molecule has 0 radical (unpaired) electrons. The van der Waals surface area contributed by atoms with E-state index in [1.54, 1.807) is 6.07 Å². The van der Waals surface area contributed by atoms with E-state index < -0.39 is 11.9 Å². The monoisotopic (exact) mass is 325 g/mol. The minimum atomic E-state index is -0.518. The Morgan fingerprint density at radius 1 is 1.32 bits per heavy atom. The van der Waals surface area contributed by atoms with Gasteiger partial charge >= 0.3 is 0 Å². The summed E-state index contributed by atoms with van der Waals surface area (Å²) in [6, 6.07) is 8.57. The summed E-state index contributed by atoms with van der Waals surface area (Å²) < 4.78 is 20.0. The van der Waals surface area contributed by atoms with Crippen molar-refractivity contribution in [1.82, 2.24) is 10.4 Å². The minimum absolute atomic E-state index is 0.0464. The van der Waals surface area contributed by atoms with E-state index in [1.165, 1.54) is 13.3 Å². The molecule has 0 saturated carbocycles. The standard InChI is InChI=1S/C13H13BrFN3O/c1-19-13-11(15)10(6-7-17-13)12(18-16)8-2-4-9(14)5-3-8/h2-7,12,18H,16H2,1H3. The Balaban J connectivity index is 2.45. The first-order chi connectivity index (χ1) is 9.17. The highest BCUT2D eigenvalue weighted by molar-refractivity contribution is 9.10. The van der Waals surface area contributed by atoms with Crippen molar-refractivity contribution < 1.29 is 9.13 Å². The third-order valence-corrected chi connectivity index (χ3v) is 3.29. The van der Waals surface area contributed by atoms with Crippen LogP contribution in [0.4, 0.5) is 4.39 Å². The van der Waals surface area contributed by atoms with E-state index in [4.69, 9.17) is 10.6 Å². The first-order valence-corrected chi connectivity index (χ1v) is 6.36. The Bertz CT molecular complexity index is 562. The number of nitrogens with zero attached hydrogens (tertiary/aromatic N) is 1. The van der Waals surface area contributed by atoms with Gasteiger partial charge in [-0.05, 0) is 23.8 Å². The summed E-state index contributed by atoms with van der Waals surface area (Å²) >= 11 is 3.35. The molecule has 1 heterocycles. The lowest BCUT2D eigenvalue weighted by Gasteiger charge is -2.18. The highest BCUT2D eigenvalue weighted by atomic mass is 79.9. The van der Waals surface area contributed by atoms with E-state index in [1.807, 2.05) is 24.3 Å². The number of methoxy groups -OCH3 is 1. The highest BCUT2D eigenvalue weighted by Crippen LogP contribution is 2.28. The lowest BCUT2D eigenvalue weighted by atomic mass is 10.00. The molecule has 100 valence electrons. The fraction of sp³-hybridized carbons (Fsp3) is 0.154. The van der Waals surface area contributed by atoms with E-state index in [0.29, 0.717) is 5.56 Å². The summed E-state index contributed by atoms with van der Waals surface area (Å²) in [6.45, 7) is 0. The Morgan fingerprint density at radius 2 is 2.00 bits per heavy atom. The van der Waals surface area contributed by atoms with Gasteiger partial charge < -0.3 is 4.74 Å². The smallest absolute Gasteiger partial charge is 0.250 e. The molecule has 3 N–H and O–H groups in total. The third-order valence-electron chi connectivity index (χ3n) is 2.76. The van der Waals surface area contributed by atoms with E-state index in [0.717, 1.165) is 10.0 Å². The van der Waals surface area contributed by atoms with Gasteiger partial charge in [0.15, 0.2) is 5.82 Å². The van der Waals surface area contributed by atoms with E-state index in [-0.39, 0.29) is 5.88 Å². The molecule has 0 amide bonds. The largest absolute Gasteiger partial charge is 0.479 e. The number of hydrazine groups is 1. The van der Waals surface area contributed by atoms with Crippen LogP contribution in [-0.4, -0.2) is 12.1 Å². The van der Waals surface area contributed by atoms with Crippen LogP contribution in [0.15, 0.2) is 41.0 Å². The van der Waals surface area contributed by atoms with E-state index in [9.17, 15) is 4.39 Å². The van der Waals surface area contributed by atoms with Crippen LogP contribution >= 0.6 is 15.9 Å². The van der Waals surface area contributed by atoms with Crippen LogP contribution in [0.1, 0.15) is 17.2 Å². The summed E-state index contributed by atoms with van der Waals surface area (Å²) in [5.74, 6) is 4.98. The van der Waals surface area contributed by atoms with Crippen LogP contribution in [-0.2, 0) is 0 Å². The Hall–Kier alpha value is -1.50. The Kier molecular flexibility index (Phi) is 4.47. The number of halogens is 2. The number of hydrogen-bond donors (Lipinski definition) is 2. The van der Waals surface area contributed by atoms with Gasteiger partial charge in [-0.15, -0.1) is 0 Å². The third kappa shape index (κ3) is 2.91. The Morgan fingerprint density at radius 3 is 2.58 bits per heavy atom. The maximum absolute atomic E-state index is 14.2. The first kappa shape index (κ1) is 13.9. The van der Waals surface area contributed by atoms with Gasteiger partial charge in [-0.3, -0.25) is 5.84 Å². The van der Waals surface area contributed by atoms with Crippen molar-refractivity contribution in [2.45, 2.75) is 6.04 Å². The molecule has 6 heteroatoms. The zero-order valence-corrected chi connectivity index (χ0v) is 11.8. The van der Waals surface area contributed by atoms with Crippen LogP contribution in [0, 0.1) is 5.82 Å². The predicted octanol–water partition coefficient (Wildman–Crippen LogP) is 2.54. The van der Waals surface area contributed by atoms with Gasteiger partial charge in [0, 0.05) is 16.2 Å². The van der Waals surface area contributed by atoms with Crippen LogP contribution in [0.25, 0.3) is 0 Å². The van der Waals surface area contributed by atoms with Crippen LogP contribution in [0.5, 0.6) is 5.88 Å². The van der Waals surface area contributed by atoms with Crippen molar-refractivity contribution in [2.75, 3.05) is 7.11 Å². The van der Waals surface area contributed by atoms with Gasteiger partial charge in [0.25, 0.3) is 0 Å². The van der Waals surface area contributed by atoms with Gasteiger partial charge in [0.1, 0.15) is 0 Å². The molecule has 1 aromatic heterocycles. The van der Waals surface area contributed by atoms with Gasteiger partial charge in [-0.2, -0.15) is 0 Å². The van der Waals surface area contributed by atoms with Crippen molar-refractivity contribution in [3.63, 3.8) is 0 Å². The van der Waals surface area contributed by atoms with E-state index >= 15 is 0 Å². The van der Waals surface area contributed by atoms with Gasteiger partial charge in [0.05, 0.1) is 13.2 Å². The topological polar surface area (TPSA) is 60.2 Å². The normalized spacial score (nSPS) is 12.2. The molecule has 0 aliphatic carbocycles. The molecule has 0 saturated heterocycles. The molecule has 0 bridgehead atoms. The summed E-state index contributed by atoms with van der Waals surface area (Å²) in [5, 5.41) is 0. The molecule has 1 unspecified atom stereocenters. The molecule has 0 aliphatic heterocycles. The van der Waals surface area contributed by atoms with Crippen molar-refractivity contribution in [1.29, 1.82) is 0 Å². The summed E-state index contributed by atoms with van der Waals surface area (Å²) in [6.07, 6.45) is 1.49. The van der Waals surface area contributed by atoms with Crippen molar-refractivity contribution >= 4 is 15.9 Å². The number of pyridine rings is 1. The van der Waals surface area contributed by atoms with Crippen LogP contribution in [0.2, 0.25) is 0 Å². The fourth-order valence-corrected chi connectivity index (χ4v) is 2.09. The molecule has 2 rings (SSSR count). The Labute approximate surface area is 118 Å². The zero-order valence-electron chi connectivity index (χ0n) is 10.2. The van der Waals surface area contributed by atoms with Gasteiger partial charge in [-0.25, -0.2) is 14.8 Å². The van der Waals surface area contributed by atoms with Crippen molar-refractivity contribution in [3.05, 3.63) is 57.9 Å². The second kappa shape index (κ2) is 6.10. The molecule has 1 aromatic carbocycles. The molecule has 0 spiro atoms. The quantitative estimate of drug-likeness (QED) is 0.670. The molecule has 4 nitrogen and oxygen atoms in total. The first-order valence-electron chi connectivity index (χ1n) is 5.57. The summed E-state index contributed by atoms with van der Waals surface area (Å²) in [4.78, 5) is 3.81. The average molecular weight is 326 g/mol. The number of ether oxygens (including phenoxy) is 1. The number of nitrogens with one attached hydrogen (secondary N) is 1. The summed E-state index contributed by atoms with van der Waals surface area (Å²) in [5.41, 5.74) is 3.84. The lowest BCUT2D eigenvalue weighted by Crippen LogP contribution is -2.29. The van der Waals surface area contributed by atoms with Gasteiger partial charge in [-0.1, -0.05) is 28.1 Å². The zero-order chi connectivity index (χ0) is 13.8. The number of aromatic nitrogens is 1. The number of rotatable bonds is 4. The maximum atomic E-state index is 14.2. The molecule has 2 aromatic rings. The van der Waals surface area contributed by atoms with Crippen LogP contribution < -0.4 is 16.0 Å². The predicted molar refractivity (Wildman–Crippen MR) is 74.1 cm³/mol. The maximum Gasteiger partial charge on any atom is 0.250 e. The second-order valence-electron chi connectivity index (χ2n) is 3.87. The number of hydrogen-bond acceptors (Lipinski definition) is 4. The van der Waals surface area contributed by atoms with E-state index in [2.05, 4.69) is 26.3 Å². The van der Waals surface area contributed by atoms with Crippen molar-refractivity contribution in [3.8, 4) is 5.88 Å². The SMILES string of the molecule is COc1nccc(C(NN)c2ccc(Br)cc2)c1F. The second-order valence-corrected chi connectivity index (χ2v) is 4.79. The summed E-state index contributed by atoms with van der Waals surface area (Å²) in [7, 11) is 1.37. The molecular formula is C13H13BrFN3O. The average Bonchev–Trinajstić information content (AvgIpc) is 2.43. The minimum Gasteiger partial charge on any atom is -0.479 e. The molecule has 0 fully saturated rings. The van der Waals surface area contributed by atoms with Crippen molar-refractivity contribution in [2.24, 2.45) is 5.84 Å². The molecular weight excluding hydrogens is 313 g/mol. The number of nitrogens with two attached hydrogens (primary N) is 1. The molecule has 1 atom stereocenters. The molecule has 0 aliphatic rings. The lowest BCUT2D eigenvalue weighted by molar-refractivity contribution is 0.364. The van der Waals surface area contributed by atoms with Gasteiger partial charge in [0.2, 0.25) is 5.88 Å².